The van der Waals surface area contributed by atoms with Crippen molar-refractivity contribution in [1.82, 2.24) is 20.2 Å². The lowest BCUT2D eigenvalue weighted by Gasteiger charge is -2.35. The Labute approximate surface area is 222 Å². The second-order valence-electron chi connectivity index (χ2n) is 9.80. The van der Waals surface area contributed by atoms with Crippen LogP contribution in [0.4, 0.5) is 9.52 Å². The molecule has 2 aromatic heterocycles. The number of likely N-dealkylation sites (tertiary alicyclic amines) is 1. The highest BCUT2D eigenvalue weighted by Crippen LogP contribution is 2.44. The number of benzene rings is 2. The molecule has 2 aliphatic rings. The number of hydrogen-bond donors (Lipinski definition) is 1. The van der Waals surface area contributed by atoms with Crippen molar-refractivity contribution in [2.45, 2.75) is 31.3 Å². The van der Waals surface area contributed by atoms with Crippen molar-refractivity contribution < 1.29 is 14.0 Å². The molecule has 0 radical (unpaired) electrons. The van der Waals surface area contributed by atoms with Crippen LogP contribution in [0.25, 0.3) is 20.7 Å². The summed E-state index contributed by atoms with van der Waals surface area (Å²) in [6.45, 7) is 0.386. The van der Waals surface area contributed by atoms with E-state index in [4.69, 9.17) is 4.98 Å². The molecular formula is C27H26FN5O2S2. The highest BCUT2D eigenvalue weighted by Gasteiger charge is 2.49. The van der Waals surface area contributed by atoms with Crippen molar-refractivity contribution in [3.05, 3.63) is 65.0 Å². The van der Waals surface area contributed by atoms with Crippen molar-refractivity contribution in [3.63, 3.8) is 0 Å². The number of carbonyl (C=O) groups excluding carboxylic acids is 2. The maximum Gasteiger partial charge on any atom is 0.274 e. The molecule has 37 heavy (non-hydrogen) atoms. The smallest absolute Gasteiger partial charge is 0.274 e. The summed E-state index contributed by atoms with van der Waals surface area (Å²) < 4.78 is 14.5. The summed E-state index contributed by atoms with van der Waals surface area (Å²) in [5, 5.41) is 3.82. The van der Waals surface area contributed by atoms with Crippen LogP contribution in [0.3, 0.4) is 0 Å². The van der Waals surface area contributed by atoms with E-state index in [0.29, 0.717) is 23.7 Å². The second kappa shape index (κ2) is 9.50. The number of thiazole rings is 2. The molecule has 1 saturated heterocycles. The number of nitrogens with zero attached hydrogens (tertiary/aromatic N) is 4. The van der Waals surface area contributed by atoms with Crippen LogP contribution in [-0.4, -0.2) is 59.4 Å². The first-order valence-corrected chi connectivity index (χ1v) is 14.0. The number of anilines is 1. The van der Waals surface area contributed by atoms with Crippen LogP contribution in [0.1, 0.15) is 40.1 Å². The molecule has 6 rings (SSSR count). The van der Waals surface area contributed by atoms with Gasteiger partial charge < -0.3 is 15.1 Å². The molecule has 1 aliphatic heterocycles. The Hall–Kier alpha value is -3.37. The molecule has 0 spiro atoms. The molecule has 7 nitrogen and oxygen atoms in total. The third kappa shape index (κ3) is 4.27. The molecule has 2 aromatic carbocycles. The van der Waals surface area contributed by atoms with Gasteiger partial charge in [0, 0.05) is 26.7 Å². The highest BCUT2D eigenvalue weighted by atomic mass is 32.1. The monoisotopic (exact) mass is 535 g/mol. The number of nitrogens with one attached hydrogen (secondary N) is 1. The van der Waals surface area contributed by atoms with Crippen molar-refractivity contribution >= 4 is 49.8 Å². The summed E-state index contributed by atoms with van der Waals surface area (Å²) in [7, 11) is 3.78. The first kappa shape index (κ1) is 24.0. The fourth-order valence-corrected chi connectivity index (χ4v) is 7.38. The van der Waals surface area contributed by atoms with Crippen molar-refractivity contribution in [3.8, 4) is 10.4 Å². The van der Waals surface area contributed by atoms with Gasteiger partial charge in [-0.3, -0.25) is 9.59 Å². The lowest BCUT2D eigenvalue weighted by atomic mass is 9.98. The number of halogens is 1. The quantitative estimate of drug-likeness (QED) is 0.374. The molecule has 3 heterocycles. The topological polar surface area (TPSA) is 78.4 Å². The molecule has 2 bridgehead atoms. The predicted molar refractivity (Wildman–Crippen MR) is 145 cm³/mol. The van der Waals surface area contributed by atoms with E-state index in [1.165, 1.54) is 34.8 Å². The molecule has 1 saturated carbocycles. The minimum atomic E-state index is -0.323. The molecule has 1 aliphatic carbocycles. The zero-order chi connectivity index (χ0) is 25.7. The second-order valence-corrected chi connectivity index (χ2v) is 11.6. The average molecular weight is 536 g/mol. The minimum absolute atomic E-state index is 0.0959. The highest BCUT2D eigenvalue weighted by molar-refractivity contribution is 7.19. The summed E-state index contributed by atoms with van der Waals surface area (Å²) >= 11 is 2.87. The van der Waals surface area contributed by atoms with Gasteiger partial charge in [0.05, 0.1) is 32.2 Å². The molecule has 1 N–H and O–H groups in total. The molecule has 0 unspecified atom stereocenters. The first-order chi connectivity index (χ1) is 17.9. The maximum absolute atomic E-state index is 14.1. The number of rotatable bonds is 6. The van der Waals surface area contributed by atoms with Gasteiger partial charge in [0.25, 0.3) is 11.8 Å². The Kier molecular flexibility index (Phi) is 6.16. The Bertz CT molecular complexity index is 1480. The van der Waals surface area contributed by atoms with Gasteiger partial charge >= 0.3 is 0 Å². The standard InChI is InChI=1S/C27H26FN5O2S2/c1-32(2)27-31-22(23(37-27)15-6-9-17(28)10-7-15)26(35)33-18-11-8-16(12-18)21(33)13-29-25(34)19-4-3-5-20-24(19)36-14-30-20/h3-7,9-10,14,16,18,21H,8,11-13H2,1-2H3,(H,29,34)/t16-,18+,21+/m1/s1. The van der Waals surface area contributed by atoms with E-state index >= 15 is 0 Å². The van der Waals surface area contributed by atoms with Gasteiger partial charge in [-0.25, -0.2) is 14.4 Å². The van der Waals surface area contributed by atoms with E-state index in [1.54, 1.807) is 17.6 Å². The summed E-state index contributed by atoms with van der Waals surface area (Å²) in [4.78, 5) is 40.8. The lowest BCUT2D eigenvalue weighted by Crippen LogP contribution is -2.50. The fraction of sp³-hybridized carbons (Fsp3) is 0.333. The Morgan fingerprint density at radius 3 is 2.76 bits per heavy atom. The zero-order valence-corrected chi connectivity index (χ0v) is 22.1. The van der Waals surface area contributed by atoms with Crippen LogP contribution in [0.5, 0.6) is 0 Å². The van der Waals surface area contributed by atoms with Crippen LogP contribution in [0, 0.1) is 11.7 Å². The number of amides is 2. The summed E-state index contributed by atoms with van der Waals surface area (Å²) in [5.41, 5.74) is 4.31. The molecule has 3 atom stereocenters. The van der Waals surface area contributed by atoms with E-state index < -0.39 is 0 Å². The molecule has 2 amide bonds. The van der Waals surface area contributed by atoms with E-state index in [-0.39, 0.29) is 29.7 Å². The molecule has 10 heteroatoms. The number of piperidine rings is 1. The van der Waals surface area contributed by atoms with E-state index in [0.717, 1.165) is 45.1 Å². The fourth-order valence-electron chi connectivity index (χ4n) is 5.59. The molecule has 4 aromatic rings. The van der Waals surface area contributed by atoms with Crippen molar-refractivity contribution in [1.29, 1.82) is 0 Å². The van der Waals surface area contributed by atoms with Crippen LogP contribution in [0.15, 0.2) is 48.0 Å². The van der Waals surface area contributed by atoms with E-state index in [1.807, 2.05) is 42.1 Å². The van der Waals surface area contributed by atoms with Gasteiger partial charge in [-0.1, -0.05) is 29.5 Å². The largest absolute Gasteiger partial charge is 0.354 e. The minimum Gasteiger partial charge on any atom is -0.354 e. The Morgan fingerprint density at radius 2 is 1.97 bits per heavy atom. The summed E-state index contributed by atoms with van der Waals surface area (Å²) in [5.74, 6) is -0.259. The van der Waals surface area contributed by atoms with Gasteiger partial charge in [-0.05, 0) is 55.0 Å². The van der Waals surface area contributed by atoms with E-state index in [2.05, 4.69) is 10.3 Å². The number of aromatic nitrogens is 2. The molecular weight excluding hydrogens is 509 g/mol. The average Bonchev–Trinajstić information content (AvgIpc) is 3.69. The third-order valence-electron chi connectivity index (χ3n) is 7.36. The molecule has 190 valence electrons. The summed E-state index contributed by atoms with van der Waals surface area (Å²) in [6, 6.07) is 11.8. The van der Waals surface area contributed by atoms with Gasteiger partial charge in [0.15, 0.2) is 5.13 Å². The number of hydrogen-bond acceptors (Lipinski definition) is 7. The van der Waals surface area contributed by atoms with Gasteiger partial charge in [-0.15, -0.1) is 11.3 Å². The van der Waals surface area contributed by atoms with Crippen LogP contribution < -0.4 is 10.2 Å². The maximum atomic E-state index is 14.1. The van der Waals surface area contributed by atoms with Crippen molar-refractivity contribution in [2.75, 3.05) is 25.5 Å². The van der Waals surface area contributed by atoms with Gasteiger partial charge in [0.2, 0.25) is 0 Å². The SMILES string of the molecule is CN(C)c1nc(C(=O)N2[C@H]3CC[C@H](C3)[C@@H]2CNC(=O)c2cccc3ncsc23)c(-c2ccc(F)cc2)s1. The number of fused-ring (bicyclic) bond motifs is 3. The Morgan fingerprint density at radius 1 is 1.16 bits per heavy atom. The zero-order valence-electron chi connectivity index (χ0n) is 20.5. The van der Waals surface area contributed by atoms with E-state index in [9.17, 15) is 14.0 Å². The lowest BCUT2D eigenvalue weighted by molar-refractivity contribution is 0.0578. The van der Waals surface area contributed by atoms with Gasteiger partial charge in [-0.2, -0.15) is 0 Å². The third-order valence-corrected chi connectivity index (χ3v) is 9.50. The van der Waals surface area contributed by atoms with Crippen LogP contribution in [0.2, 0.25) is 0 Å². The first-order valence-electron chi connectivity index (χ1n) is 12.3. The van der Waals surface area contributed by atoms with Crippen LogP contribution in [-0.2, 0) is 0 Å². The van der Waals surface area contributed by atoms with Crippen molar-refractivity contribution in [2.24, 2.45) is 5.92 Å². The van der Waals surface area contributed by atoms with Gasteiger partial charge in [0.1, 0.15) is 11.5 Å². The Balaban J connectivity index is 1.28. The number of carbonyl (C=O) groups is 2. The predicted octanol–water partition coefficient (Wildman–Crippen LogP) is 5.05. The molecule has 2 fully saturated rings. The van der Waals surface area contributed by atoms with Crippen LogP contribution >= 0.6 is 22.7 Å². The normalized spacial score (nSPS) is 20.5. The summed E-state index contributed by atoms with van der Waals surface area (Å²) in [6.07, 6.45) is 2.94.